The first-order chi connectivity index (χ1) is 7.46. The maximum absolute atomic E-state index is 9.53. The van der Waals surface area contributed by atoms with Crippen LogP contribution in [-0.4, -0.2) is 20.1 Å². The molecule has 0 amide bonds. The minimum atomic E-state index is -0.990. The number of fused-ring (bicyclic) bond motifs is 1. The van der Waals surface area contributed by atoms with Crippen LogP contribution >= 0.6 is 15.9 Å². The molecule has 0 saturated heterocycles. The molecule has 0 saturated carbocycles. The summed E-state index contributed by atoms with van der Waals surface area (Å²) in [5.41, 5.74) is 0.609. The lowest BCUT2D eigenvalue weighted by Gasteiger charge is -2.05. The van der Waals surface area contributed by atoms with Gasteiger partial charge in [0.05, 0.1) is 6.20 Å². The molecule has 2 aromatic heterocycles. The Bertz CT molecular complexity index is 584. The molecule has 0 bridgehead atoms. The first kappa shape index (κ1) is 11.2. The first-order valence-electron chi connectivity index (χ1n) is 4.84. The van der Waals surface area contributed by atoms with E-state index in [4.69, 9.17) is 0 Å². The maximum Gasteiger partial charge on any atom is 0.137 e. The fourth-order valence-electron chi connectivity index (χ4n) is 1.26. The minimum Gasteiger partial charge on any atom is -0.378 e. The van der Waals surface area contributed by atoms with Gasteiger partial charge in [0.2, 0.25) is 0 Å². The third-order valence-corrected chi connectivity index (χ3v) is 2.44. The van der Waals surface area contributed by atoms with Crippen molar-refractivity contribution >= 4 is 21.6 Å². The highest BCUT2D eigenvalue weighted by Gasteiger charge is 2.07. The molecule has 0 radical (unpaired) electrons. The summed E-state index contributed by atoms with van der Waals surface area (Å²) in [6, 6.07) is 3.83. The Hall–Kier alpha value is -1.31. The van der Waals surface area contributed by atoms with E-state index in [1.807, 2.05) is 22.7 Å². The Morgan fingerprint density at radius 1 is 1.44 bits per heavy atom. The number of imidazole rings is 1. The Balaban J connectivity index is 2.52. The zero-order valence-electron chi connectivity index (χ0n) is 9.03. The van der Waals surface area contributed by atoms with E-state index in [0.717, 1.165) is 15.8 Å². The van der Waals surface area contributed by atoms with Crippen molar-refractivity contribution in [1.82, 2.24) is 9.38 Å². The topological polar surface area (TPSA) is 37.5 Å². The van der Waals surface area contributed by atoms with Gasteiger partial charge in [-0.25, -0.2) is 4.98 Å². The summed E-state index contributed by atoms with van der Waals surface area (Å²) in [4.78, 5) is 4.22. The third kappa shape index (κ3) is 2.43. The van der Waals surface area contributed by atoms with Crippen molar-refractivity contribution in [3.05, 3.63) is 34.7 Å². The molecular weight excluding hydrogens is 268 g/mol. The average molecular weight is 279 g/mol. The van der Waals surface area contributed by atoms with Crippen LogP contribution in [0.3, 0.4) is 0 Å². The number of aromatic nitrogens is 2. The standard InChI is InChI=1S/C12H11BrN2O/c1-12(2,16)6-5-10-7-14-11-4-3-9(13)8-15(10)11/h3-4,7-8,16H,1-2H3. The van der Waals surface area contributed by atoms with Gasteiger partial charge in [-0.3, -0.25) is 4.40 Å². The van der Waals surface area contributed by atoms with Gasteiger partial charge < -0.3 is 5.11 Å². The van der Waals surface area contributed by atoms with E-state index < -0.39 is 5.60 Å². The summed E-state index contributed by atoms with van der Waals surface area (Å²) in [6.45, 7) is 3.30. The van der Waals surface area contributed by atoms with Gasteiger partial charge in [0.1, 0.15) is 16.9 Å². The van der Waals surface area contributed by atoms with Gasteiger partial charge in [-0.15, -0.1) is 0 Å². The first-order valence-corrected chi connectivity index (χ1v) is 5.63. The third-order valence-electron chi connectivity index (χ3n) is 1.97. The molecule has 0 aliphatic rings. The second-order valence-corrected chi connectivity index (χ2v) is 4.94. The van der Waals surface area contributed by atoms with Crippen molar-refractivity contribution < 1.29 is 5.11 Å². The van der Waals surface area contributed by atoms with Gasteiger partial charge in [0.25, 0.3) is 0 Å². The molecule has 16 heavy (non-hydrogen) atoms. The SMILES string of the molecule is CC(C)(O)C#Cc1cnc2ccc(Br)cn12. The zero-order chi connectivity index (χ0) is 11.8. The van der Waals surface area contributed by atoms with E-state index in [9.17, 15) is 5.11 Å². The van der Waals surface area contributed by atoms with Gasteiger partial charge in [-0.05, 0) is 47.8 Å². The van der Waals surface area contributed by atoms with Crippen LogP contribution in [0, 0.1) is 11.8 Å². The number of aliphatic hydroxyl groups is 1. The lowest BCUT2D eigenvalue weighted by Crippen LogP contribution is -2.14. The highest BCUT2D eigenvalue weighted by Crippen LogP contribution is 2.13. The normalized spacial score (nSPS) is 11.2. The number of halogens is 1. The predicted octanol–water partition coefficient (Wildman–Crippen LogP) is 2.22. The summed E-state index contributed by atoms with van der Waals surface area (Å²) in [5, 5.41) is 9.53. The molecule has 2 aromatic rings. The lowest BCUT2D eigenvalue weighted by molar-refractivity contribution is 0.143. The van der Waals surface area contributed by atoms with Crippen molar-refractivity contribution in [2.45, 2.75) is 19.4 Å². The highest BCUT2D eigenvalue weighted by atomic mass is 79.9. The van der Waals surface area contributed by atoms with Crippen molar-refractivity contribution in [3.8, 4) is 11.8 Å². The molecule has 82 valence electrons. The summed E-state index contributed by atoms with van der Waals surface area (Å²) in [7, 11) is 0. The molecule has 3 nitrogen and oxygen atoms in total. The van der Waals surface area contributed by atoms with E-state index in [2.05, 4.69) is 32.8 Å². The molecular formula is C12H11BrN2O. The van der Waals surface area contributed by atoms with Crippen molar-refractivity contribution in [3.63, 3.8) is 0 Å². The Kier molecular flexibility index (Phi) is 2.75. The highest BCUT2D eigenvalue weighted by molar-refractivity contribution is 9.10. The van der Waals surface area contributed by atoms with Gasteiger partial charge in [-0.1, -0.05) is 5.92 Å². The predicted molar refractivity (Wildman–Crippen MR) is 66.1 cm³/mol. The molecule has 4 heteroatoms. The molecule has 0 atom stereocenters. The molecule has 2 heterocycles. The van der Waals surface area contributed by atoms with E-state index in [1.54, 1.807) is 20.0 Å². The zero-order valence-corrected chi connectivity index (χ0v) is 10.6. The largest absolute Gasteiger partial charge is 0.378 e. The van der Waals surface area contributed by atoms with Gasteiger partial charge >= 0.3 is 0 Å². The molecule has 2 rings (SSSR count). The smallest absolute Gasteiger partial charge is 0.137 e. The van der Waals surface area contributed by atoms with E-state index in [1.165, 1.54) is 0 Å². The summed E-state index contributed by atoms with van der Waals surface area (Å²) in [5.74, 6) is 5.68. The lowest BCUT2D eigenvalue weighted by atomic mass is 10.1. The number of nitrogens with zero attached hydrogens (tertiary/aromatic N) is 2. The van der Waals surface area contributed by atoms with Gasteiger partial charge in [0, 0.05) is 10.7 Å². The van der Waals surface area contributed by atoms with E-state index in [-0.39, 0.29) is 0 Å². The van der Waals surface area contributed by atoms with Crippen LogP contribution < -0.4 is 0 Å². The molecule has 1 N–H and O–H groups in total. The Morgan fingerprint density at radius 3 is 2.88 bits per heavy atom. The molecule has 0 aliphatic carbocycles. The van der Waals surface area contributed by atoms with Crippen LogP contribution in [0.1, 0.15) is 19.5 Å². The molecule has 0 unspecified atom stereocenters. The Labute approximate surface area is 102 Å². The quantitative estimate of drug-likeness (QED) is 0.751. The summed E-state index contributed by atoms with van der Waals surface area (Å²) in [6.07, 6.45) is 3.59. The fourth-order valence-corrected chi connectivity index (χ4v) is 1.60. The van der Waals surface area contributed by atoms with Crippen LogP contribution in [0.5, 0.6) is 0 Å². The van der Waals surface area contributed by atoms with Crippen LogP contribution in [0.4, 0.5) is 0 Å². The fraction of sp³-hybridized carbons (Fsp3) is 0.250. The number of hydrogen-bond donors (Lipinski definition) is 1. The molecule has 0 aliphatic heterocycles. The van der Waals surface area contributed by atoms with Gasteiger partial charge in [-0.2, -0.15) is 0 Å². The van der Waals surface area contributed by atoms with Crippen molar-refractivity contribution in [2.24, 2.45) is 0 Å². The van der Waals surface area contributed by atoms with Crippen LogP contribution in [0.2, 0.25) is 0 Å². The maximum atomic E-state index is 9.53. The average Bonchev–Trinajstić information content (AvgIpc) is 2.56. The van der Waals surface area contributed by atoms with Crippen molar-refractivity contribution in [2.75, 3.05) is 0 Å². The van der Waals surface area contributed by atoms with Crippen LogP contribution in [-0.2, 0) is 0 Å². The second-order valence-electron chi connectivity index (χ2n) is 4.03. The number of hydrogen-bond acceptors (Lipinski definition) is 2. The molecule has 0 aromatic carbocycles. The van der Waals surface area contributed by atoms with Crippen LogP contribution in [0.15, 0.2) is 29.0 Å². The minimum absolute atomic E-state index is 0.762. The number of pyridine rings is 1. The van der Waals surface area contributed by atoms with Gasteiger partial charge in [0.15, 0.2) is 0 Å². The monoisotopic (exact) mass is 278 g/mol. The summed E-state index contributed by atoms with van der Waals surface area (Å²) < 4.78 is 2.84. The van der Waals surface area contributed by atoms with E-state index >= 15 is 0 Å². The van der Waals surface area contributed by atoms with Crippen LogP contribution in [0.25, 0.3) is 5.65 Å². The van der Waals surface area contributed by atoms with E-state index in [0.29, 0.717) is 0 Å². The Morgan fingerprint density at radius 2 is 2.19 bits per heavy atom. The molecule has 0 spiro atoms. The number of rotatable bonds is 0. The second kappa shape index (κ2) is 3.93. The molecule has 0 fully saturated rings. The summed E-state index contributed by atoms with van der Waals surface area (Å²) >= 11 is 3.40. The van der Waals surface area contributed by atoms with Crippen molar-refractivity contribution in [1.29, 1.82) is 0 Å².